The minimum atomic E-state index is 0.348. The third kappa shape index (κ3) is 2.59. The summed E-state index contributed by atoms with van der Waals surface area (Å²) in [4.78, 5) is 15.8. The first kappa shape index (κ1) is 12.2. The first-order valence-corrected chi connectivity index (χ1v) is 7.74. The molecule has 0 spiro atoms. The Morgan fingerprint density at radius 3 is 3.33 bits per heavy atom. The van der Waals surface area contributed by atoms with Crippen LogP contribution in [-0.4, -0.2) is 30.4 Å². The summed E-state index contributed by atoms with van der Waals surface area (Å²) in [5.74, 6) is 0.899. The number of fused-ring (bicyclic) bond motifs is 1. The van der Waals surface area contributed by atoms with Crippen molar-refractivity contribution in [3.8, 4) is 0 Å². The largest absolute Gasteiger partial charge is 0.338 e. The second-order valence-corrected chi connectivity index (χ2v) is 6.35. The van der Waals surface area contributed by atoms with E-state index < -0.39 is 0 Å². The number of amides is 1. The fraction of sp³-hybridized carbons (Fsp3) is 0.643. The number of nitrogens with one attached hydrogen (secondary N) is 1. The van der Waals surface area contributed by atoms with E-state index in [1.165, 1.54) is 23.3 Å². The fourth-order valence-corrected chi connectivity index (χ4v) is 3.83. The van der Waals surface area contributed by atoms with E-state index in [-0.39, 0.29) is 0 Å². The average Bonchev–Trinajstić information content (AvgIpc) is 2.87. The lowest BCUT2D eigenvalue weighted by atomic mass is 9.95. The van der Waals surface area contributed by atoms with Gasteiger partial charge < -0.3 is 10.2 Å². The maximum Gasteiger partial charge on any atom is 0.223 e. The lowest BCUT2D eigenvalue weighted by Crippen LogP contribution is -2.38. The van der Waals surface area contributed by atoms with Crippen molar-refractivity contribution in [2.24, 2.45) is 5.92 Å². The van der Waals surface area contributed by atoms with Gasteiger partial charge in [-0.1, -0.05) is 0 Å². The van der Waals surface area contributed by atoms with Crippen molar-refractivity contribution >= 4 is 17.2 Å². The molecule has 1 saturated heterocycles. The molecule has 0 bridgehead atoms. The van der Waals surface area contributed by atoms with Crippen LogP contribution in [0.1, 0.15) is 29.7 Å². The monoisotopic (exact) mass is 264 g/mol. The molecule has 98 valence electrons. The predicted molar refractivity (Wildman–Crippen MR) is 73.7 cm³/mol. The Kier molecular flexibility index (Phi) is 3.66. The molecule has 4 heteroatoms. The first-order valence-electron chi connectivity index (χ1n) is 6.86. The van der Waals surface area contributed by atoms with E-state index in [0.717, 1.165) is 39.0 Å². The van der Waals surface area contributed by atoms with E-state index in [1.54, 1.807) is 0 Å². The van der Waals surface area contributed by atoms with Gasteiger partial charge in [0.1, 0.15) is 0 Å². The van der Waals surface area contributed by atoms with Crippen molar-refractivity contribution in [1.82, 2.24) is 10.2 Å². The number of piperidine rings is 1. The SMILES string of the molecule is O=C(CC1CCCNC1)N1CCc2sccc2C1. The molecule has 3 rings (SSSR count). The van der Waals surface area contributed by atoms with Gasteiger partial charge in [-0.25, -0.2) is 0 Å². The second-order valence-electron chi connectivity index (χ2n) is 5.35. The van der Waals surface area contributed by atoms with Crippen LogP contribution in [0.25, 0.3) is 0 Å². The highest BCUT2D eigenvalue weighted by molar-refractivity contribution is 7.10. The molecule has 18 heavy (non-hydrogen) atoms. The summed E-state index contributed by atoms with van der Waals surface area (Å²) >= 11 is 1.83. The van der Waals surface area contributed by atoms with E-state index in [1.807, 2.05) is 16.2 Å². The van der Waals surface area contributed by atoms with E-state index in [9.17, 15) is 4.79 Å². The minimum absolute atomic E-state index is 0.348. The normalized spacial score (nSPS) is 23.8. The molecule has 0 aliphatic carbocycles. The molecule has 0 radical (unpaired) electrons. The molecule has 3 nitrogen and oxygen atoms in total. The zero-order valence-corrected chi connectivity index (χ0v) is 11.5. The van der Waals surface area contributed by atoms with Crippen LogP contribution in [0.2, 0.25) is 0 Å². The van der Waals surface area contributed by atoms with Gasteiger partial charge in [0.05, 0.1) is 0 Å². The molecule has 1 aromatic heterocycles. The van der Waals surface area contributed by atoms with Crippen molar-refractivity contribution in [1.29, 1.82) is 0 Å². The van der Waals surface area contributed by atoms with Gasteiger partial charge >= 0.3 is 0 Å². The van der Waals surface area contributed by atoms with Crippen LogP contribution >= 0.6 is 11.3 Å². The molecule has 1 aromatic rings. The standard InChI is InChI=1S/C14H20N2OS/c17-14(8-11-2-1-5-15-9-11)16-6-3-13-12(10-16)4-7-18-13/h4,7,11,15H,1-3,5-6,8-10H2. The van der Waals surface area contributed by atoms with Crippen LogP contribution in [0, 0.1) is 5.92 Å². The quantitative estimate of drug-likeness (QED) is 0.886. The minimum Gasteiger partial charge on any atom is -0.338 e. The van der Waals surface area contributed by atoms with E-state index in [2.05, 4.69) is 16.8 Å². The molecule has 2 aliphatic rings. The smallest absolute Gasteiger partial charge is 0.223 e. The number of hydrogen-bond acceptors (Lipinski definition) is 3. The van der Waals surface area contributed by atoms with Crippen LogP contribution < -0.4 is 5.32 Å². The van der Waals surface area contributed by atoms with E-state index >= 15 is 0 Å². The summed E-state index contributed by atoms with van der Waals surface area (Å²) in [6, 6.07) is 2.17. The Bertz CT molecular complexity index is 423. The zero-order chi connectivity index (χ0) is 12.4. The lowest BCUT2D eigenvalue weighted by molar-refractivity contribution is -0.133. The van der Waals surface area contributed by atoms with Crippen molar-refractivity contribution in [3.05, 3.63) is 21.9 Å². The fourth-order valence-electron chi connectivity index (χ4n) is 2.94. The average molecular weight is 264 g/mol. The van der Waals surface area contributed by atoms with Gasteiger partial charge in [0.15, 0.2) is 0 Å². The molecular weight excluding hydrogens is 244 g/mol. The first-order chi connectivity index (χ1) is 8.83. The highest BCUT2D eigenvalue weighted by Gasteiger charge is 2.24. The van der Waals surface area contributed by atoms with Gasteiger partial charge in [-0.2, -0.15) is 0 Å². The Morgan fingerprint density at radius 2 is 2.50 bits per heavy atom. The lowest BCUT2D eigenvalue weighted by Gasteiger charge is -2.30. The van der Waals surface area contributed by atoms with Crippen molar-refractivity contribution in [3.63, 3.8) is 0 Å². The van der Waals surface area contributed by atoms with Crippen LogP contribution in [0.3, 0.4) is 0 Å². The molecular formula is C14H20N2OS. The maximum atomic E-state index is 12.3. The molecule has 0 aromatic carbocycles. The number of carbonyl (C=O) groups excluding carboxylic acids is 1. The van der Waals surface area contributed by atoms with Crippen LogP contribution in [0.5, 0.6) is 0 Å². The summed E-state index contributed by atoms with van der Waals surface area (Å²) in [5.41, 5.74) is 1.36. The molecule has 1 atom stereocenters. The van der Waals surface area contributed by atoms with Gasteiger partial charge in [0, 0.05) is 24.4 Å². The summed E-state index contributed by atoms with van der Waals surface area (Å²) < 4.78 is 0. The highest BCUT2D eigenvalue weighted by Crippen LogP contribution is 2.25. The molecule has 1 N–H and O–H groups in total. The molecule has 1 fully saturated rings. The van der Waals surface area contributed by atoms with Crippen LogP contribution in [-0.2, 0) is 17.8 Å². The number of nitrogens with zero attached hydrogens (tertiary/aromatic N) is 1. The topological polar surface area (TPSA) is 32.3 Å². The maximum absolute atomic E-state index is 12.3. The van der Waals surface area contributed by atoms with Gasteiger partial charge in [-0.15, -0.1) is 11.3 Å². The number of thiophene rings is 1. The number of hydrogen-bond donors (Lipinski definition) is 1. The number of rotatable bonds is 2. The molecule has 2 aliphatic heterocycles. The Hall–Kier alpha value is -0.870. The van der Waals surface area contributed by atoms with Crippen molar-refractivity contribution < 1.29 is 4.79 Å². The molecule has 3 heterocycles. The van der Waals surface area contributed by atoms with Crippen LogP contribution in [0.4, 0.5) is 0 Å². The zero-order valence-electron chi connectivity index (χ0n) is 10.7. The molecule has 1 unspecified atom stereocenters. The van der Waals surface area contributed by atoms with E-state index in [4.69, 9.17) is 0 Å². The summed E-state index contributed by atoms with van der Waals surface area (Å²) in [6.07, 6.45) is 4.19. The third-order valence-electron chi connectivity index (χ3n) is 4.02. The summed E-state index contributed by atoms with van der Waals surface area (Å²) in [6.45, 7) is 3.88. The molecule has 0 saturated carbocycles. The predicted octanol–water partition coefficient (Wildman–Crippen LogP) is 2.02. The molecule has 1 amide bonds. The van der Waals surface area contributed by atoms with Gasteiger partial charge in [-0.05, 0) is 55.3 Å². The summed E-state index contributed by atoms with van der Waals surface area (Å²) in [7, 11) is 0. The Balaban J connectivity index is 1.57. The number of carbonyl (C=O) groups is 1. The van der Waals surface area contributed by atoms with Crippen LogP contribution in [0.15, 0.2) is 11.4 Å². The Labute approximate surface area is 112 Å². The van der Waals surface area contributed by atoms with Gasteiger partial charge in [0.2, 0.25) is 5.91 Å². The van der Waals surface area contributed by atoms with Gasteiger partial charge in [0.25, 0.3) is 0 Å². The van der Waals surface area contributed by atoms with E-state index in [0.29, 0.717) is 11.8 Å². The third-order valence-corrected chi connectivity index (χ3v) is 5.05. The second kappa shape index (κ2) is 5.41. The van der Waals surface area contributed by atoms with Crippen molar-refractivity contribution in [2.75, 3.05) is 19.6 Å². The summed E-state index contributed by atoms with van der Waals surface area (Å²) in [5, 5.41) is 5.53. The highest BCUT2D eigenvalue weighted by atomic mass is 32.1. The van der Waals surface area contributed by atoms with Gasteiger partial charge in [-0.3, -0.25) is 4.79 Å². The Morgan fingerprint density at radius 1 is 1.56 bits per heavy atom. The van der Waals surface area contributed by atoms with Crippen molar-refractivity contribution in [2.45, 2.75) is 32.2 Å².